The van der Waals surface area contributed by atoms with E-state index in [1.54, 1.807) is 18.2 Å². The summed E-state index contributed by atoms with van der Waals surface area (Å²) in [5.74, 6) is -0.635. The maximum atomic E-state index is 12.4. The lowest BCUT2D eigenvalue weighted by Crippen LogP contribution is -2.28. The number of hydrogen-bond donors (Lipinski definition) is 1. The van der Waals surface area contributed by atoms with Crippen LogP contribution in [0.3, 0.4) is 0 Å². The van der Waals surface area contributed by atoms with Crippen molar-refractivity contribution in [1.82, 2.24) is 4.90 Å². The van der Waals surface area contributed by atoms with Gasteiger partial charge in [0.1, 0.15) is 11.5 Å². The first kappa shape index (κ1) is 16.9. The Morgan fingerprint density at radius 2 is 2.12 bits per heavy atom. The minimum atomic E-state index is -2.99. The van der Waals surface area contributed by atoms with Crippen LogP contribution in [-0.4, -0.2) is 29.9 Å². The highest BCUT2D eigenvalue weighted by atomic mass is 19.3. The first-order valence-electron chi connectivity index (χ1n) is 7.68. The van der Waals surface area contributed by atoms with Crippen LogP contribution in [0.1, 0.15) is 12.2 Å². The molecule has 2 aromatic rings. The number of likely N-dealkylation sites (tertiary alicyclic amines) is 1. The third-order valence-electron chi connectivity index (χ3n) is 3.87. The summed E-state index contributed by atoms with van der Waals surface area (Å²) in [6, 6.07) is 9.39. The van der Waals surface area contributed by atoms with Gasteiger partial charge < -0.3 is 19.4 Å². The largest absolute Gasteiger partial charge is 0.467 e. The van der Waals surface area contributed by atoms with Crippen molar-refractivity contribution in [3.8, 4) is 5.75 Å². The molecule has 1 aromatic carbocycles. The van der Waals surface area contributed by atoms with E-state index in [-0.39, 0.29) is 30.3 Å². The minimum Gasteiger partial charge on any atom is -0.467 e. The van der Waals surface area contributed by atoms with E-state index in [2.05, 4.69) is 10.1 Å². The van der Waals surface area contributed by atoms with Crippen molar-refractivity contribution < 1.29 is 27.5 Å². The maximum Gasteiger partial charge on any atom is 0.387 e. The molecule has 0 bridgehead atoms. The number of alkyl halides is 2. The summed E-state index contributed by atoms with van der Waals surface area (Å²) < 4.78 is 34.4. The normalized spacial score (nSPS) is 17.2. The summed E-state index contributed by atoms with van der Waals surface area (Å²) >= 11 is 0. The summed E-state index contributed by atoms with van der Waals surface area (Å²) in [4.78, 5) is 26.0. The van der Waals surface area contributed by atoms with Crippen LogP contribution in [0.2, 0.25) is 0 Å². The number of rotatable bonds is 6. The number of benzene rings is 1. The standard InChI is InChI=1S/C17H16F2N2O4/c18-17(19)25-14-6-2-1-5-13(14)20-16(23)11-8-15(22)21(9-11)10-12-4-3-7-24-12/h1-7,11,17H,8-10H2,(H,20,23). The average Bonchev–Trinajstić information content (AvgIpc) is 3.20. The SMILES string of the molecule is O=C(Nc1ccccc1OC(F)F)C1CC(=O)N(Cc2ccco2)C1. The molecule has 8 heteroatoms. The fraction of sp³-hybridized carbons (Fsp3) is 0.294. The molecule has 1 fully saturated rings. The van der Waals surface area contributed by atoms with Gasteiger partial charge in [0.25, 0.3) is 0 Å². The quantitative estimate of drug-likeness (QED) is 0.870. The number of furan rings is 1. The van der Waals surface area contributed by atoms with Gasteiger partial charge in [-0.15, -0.1) is 0 Å². The predicted octanol–water partition coefficient (Wildman–Crippen LogP) is 2.87. The van der Waals surface area contributed by atoms with Crippen molar-refractivity contribution >= 4 is 17.5 Å². The van der Waals surface area contributed by atoms with Crippen molar-refractivity contribution in [2.75, 3.05) is 11.9 Å². The summed E-state index contributed by atoms with van der Waals surface area (Å²) in [6.07, 6.45) is 1.57. The fourth-order valence-electron chi connectivity index (χ4n) is 2.69. The number of nitrogens with zero attached hydrogens (tertiary/aromatic N) is 1. The Balaban J connectivity index is 1.63. The second-order valence-electron chi connectivity index (χ2n) is 5.62. The van der Waals surface area contributed by atoms with E-state index < -0.39 is 18.4 Å². The van der Waals surface area contributed by atoms with E-state index in [9.17, 15) is 18.4 Å². The molecule has 0 spiro atoms. The van der Waals surface area contributed by atoms with Crippen molar-refractivity contribution in [3.63, 3.8) is 0 Å². The molecular formula is C17H16F2N2O4. The van der Waals surface area contributed by atoms with Gasteiger partial charge in [0, 0.05) is 13.0 Å². The fourth-order valence-corrected chi connectivity index (χ4v) is 2.69. The van der Waals surface area contributed by atoms with Crippen LogP contribution in [0.15, 0.2) is 47.1 Å². The second-order valence-corrected chi connectivity index (χ2v) is 5.62. The number of carbonyl (C=O) groups excluding carboxylic acids is 2. The molecule has 0 saturated carbocycles. The number of halogens is 2. The molecule has 1 aromatic heterocycles. The van der Waals surface area contributed by atoms with Gasteiger partial charge in [0.05, 0.1) is 24.4 Å². The molecule has 0 radical (unpaired) electrons. The summed E-state index contributed by atoms with van der Waals surface area (Å²) in [5.41, 5.74) is 0.143. The number of nitrogens with one attached hydrogen (secondary N) is 1. The Labute approximate surface area is 142 Å². The third-order valence-corrected chi connectivity index (χ3v) is 3.87. The van der Waals surface area contributed by atoms with Gasteiger partial charge >= 0.3 is 6.61 Å². The van der Waals surface area contributed by atoms with Gasteiger partial charge in [0.2, 0.25) is 11.8 Å². The molecule has 3 rings (SSSR count). The summed E-state index contributed by atoms with van der Waals surface area (Å²) in [5, 5.41) is 2.56. The molecule has 1 aliphatic heterocycles. The third kappa shape index (κ3) is 4.14. The first-order chi connectivity index (χ1) is 12.0. The molecule has 1 saturated heterocycles. The van der Waals surface area contributed by atoms with E-state index in [1.807, 2.05) is 0 Å². The molecule has 1 unspecified atom stereocenters. The molecule has 1 N–H and O–H groups in total. The molecule has 132 valence electrons. The second kappa shape index (κ2) is 7.33. The Morgan fingerprint density at radius 3 is 2.84 bits per heavy atom. The monoisotopic (exact) mass is 350 g/mol. The van der Waals surface area contributed by atoms with E-state index in [1.165, 1.54) is 29.4 Å². The zero-order chi connectivity index (χ0) is 17.8. The van der Waals surface area contributed by atoms with Gasteiger partial charge in [-0.1, -0.05) is 12.1 Å². The Bertz CT molecular complexity index is 749. The smallest absolute Gasteiger partial charge is 0.387 e. The number of ether oxygens (including phenoxy) is 1. The van der Waals surface area contributed by atoms with Gasteiger partial charge in [-0.05, 0) is 24.3 Å². The topological polar surface area (TPSA) is 71.8 Å². The number of amides is 2. The average molecular weight is 350 g/mol. The lowest BCUT2D eigenvalue weighted by molar-refractivity contribution is -0.128. The van der Waals surface area contributed by atoms with Crippen molar-refractivity contribution in [3.05, 3.63) is 48.4 Å². The zero-order valence-electron chi connectivity index (χ0n) is 13.2. The minimum absolute atomic E-state index is 0.0599. The zero-order valence-corrected chi connectivity index (χ0v) is 13.2. The predicted molar refractivity (Wildman–Crippen MR) is 83.9 cm³/mol. The number of anilines is 1. The van der Waals surface area contributed by atoms with Crippen LogP contribution in [0.4, 0.5) is 14.5 Å². The highest BCUT2D eigenvalue weighted by Gasteiger charge is 2.35. The van der Waals surface area contributed by atoms with Crippen molar-refractivity contribution in [2.24, 2.45) is 5.92 Å². The van der Waals surface area contributed by atoms with Crippen molar-refractivity contribution in [1.29, 1.82) is 0 Å². The maximum absolute atomic E-state index is 12.4. The van der Waals surface area contributed by atoms with E-state index in [0.717, 1.165) is 0 Å². The van der Waals surface area contributed by atoms with Gasteiger partial charge in [-0.25, -0.2) is 0 Å². The number of carbonyl (C=O) groups is 2. The van der Waals surface area contributed by atoms with E-state index in [0.29, 0.717) is 12.3 Å². The Kier molecular flexibility index (Phi) is 4.97. The molecule has 25 heavy (non-hydrogen) atoms. The molecule has 1 atom stereocenters. The first-order valence-corrected chi connectivity index (χ1v) is 7.68. The molecule has 0 aliphatic carbocycles. The highest BCUT2D eigenvalue weighted by Crippen LogP contribution is 2.28. The van der Waals surface area contributed by atoms with Crippen LogP contribution < -0.4 is 10.1 Å². The van der Waals surface area contributed by atoms with Crippen LogP contribution in [0, 0.1) is 5.92 Å². The highest BCUT2D eigenvalue weighted by molar-refractivity contribution is 5.98. The molecule has 6 nitrogen and oxygen atoms in total. The molecule has 2 amide bonds. The van der Waals surface area contributed by atoms with E-state index in [4.69, 9.17) is 4.42 Å². The summed E-state index contributed by atoms with van der Waals surface area (Å²) in [6.45, 7) is -2.46. The van der Waals surface area contributed by atoms with Gasteiger partial charge in [0.15, 0.2) is 0 Å². The molecule has 1 aliphatic rings. The number of hydrogen-bond acceptors (Lipinski definition) is 4. The van der Waals surface area contributed by atoms with Crippen LogP contribution in [-0.2, 0) is 16.1 Å². The van der Waals surface area contributed by atoms with Gasteiger partial charge in [-0.3, -0.25) is 9.59 Å². The summed E-state index contributed by atoms with van der Waals surface area (Å²) in [7, 11) is 0. The van der Waals surface area contributed by atoms with Crippen LogP contribution in [0.5, 0.6) is 5.75 Å². The number of para-hydroxylation sites is 2. The van der Waals surface area contributed by atoms with Crippen LogP contribution >= 0.6 is 0 Å². The van der Waals surface area contributed by atoms with Gasteiger partial charge in [-0.2, -0.15) is 8.78 Å². The van der Waals surface area contributed by atoms with Crippen LogP contribution in [0.25, 0.3) is 0 Å². The Morgan fingerprint density at radius 1 is 1.32 bits per heavy atom. The van der Waals surface area contributed by atoms with Crippen molar-refractivity contribution in [2.45, 2.75) is 19.6 Å². The lowest BCUT2D eigenvalue weighted by atomic mass is 10.1. The Hall–Kier alpha value is -2.90. The molecular weight excluding hydrogens is 334 g/mol. The van der Waals surface area contributed by atoms with E-state index >= 15 is 0 Å². The lowest BCUT2D eigenvalue weighted by Gasteiger charge is -2.16. The molecule has 2 heterocycles.